The molecule has 0 fully saturated rings. The summed E-state index contributed by atoms with van der Waals surface area (Å²) in [6.07, 6.45) is 2.01. The maximum atomic E-state index is 12.3. The molecular weight excluding hydrogens is 200 g/mol. The molecule has 0 aliphatic carbocycles. The largest absolute Gasteiger partial charge is 0.338 e. The van der Waals surface area contributed by atoms with E-state index in [-0.39, 0.29) is 11.8 Å². The summed E-state index contributed by atoms with van der Waals surface area (Å²) in [5, 5.41) is 0. The van der Waals surface area contributed by atoms with Crippen LogP contribution in [0.3, 0.4) is 0 Å². The molecular formula is C13H28N2O. The monoisotopic (exact) mass is 228 g/mol. The first-order valence-electron chi connectivity index (χ1n) is 6.50. The summed E-state index contributed by atoms with van der Waals surface area (Å²) < 4.78 is 0. The summed E-state index contributed by atoms with van der Waals surface area (Å²) in [4.78, 5) is 14.3. The SMILES string of the molecule is CCC(CC)N(CCN)C(=O)C(C)C(C)C. The fourth-order valence-electron chi connectivity index (χ4n) is 1.89. The standard InChI is InChI=1S/C13H28N2O/c1-6-12(7-2)15(9-8-14)13(16)11(5)10(3)4/h10-12H,6-9,14H2,1-5H3. The van der Waals surface area contributed by atoms with Crippen molar-refractivity contribution in [2.24, 2.45) is 17.6 Å². The van der Waals surface area contributed by atoms with Crippen LogP contribution in [0.4, 0.5) is 0 Å². The number of nitrogens with zero attached hydrogens (tertiary/aromatic N) is 1. The zero-order chi connectivity index (χ0) is 12.7. The van der Waals surface area contributed by atoms with Crippen molar-refractivity contribution in [3.8, 4) is 0 Å². The van der Waals surface area contributed by atoms with Gasteiger partial charge in [-0.15, -0.1) is 0 Å². The van der Waals surface area contributed by atoms with Crippen molar-refractivity contribution in [2.75, 3.05) is 13.1 Å². The van der Waals surface area contributed by atoms with Gasteiger partial charge in [-0.2, -0.15) is 0 Å². The van der Waals surface area contributed by atoms with Crippen molar-refractivity contribution in [1.29, 1.82) is 0 Å². The Hall–Kier alpha value is -0.570. The number of carbonyl (C=O) groups is 1. The smallest absolute Gasteiger partial charge is 0.225 e. The van der Waals surface area contributed by atoms with Crippen LogP contribution in [0.2, 0.25) is 0 Å². The van der Waals surface area contributed by atoms with E-state index in [1.165, 1.54) is 0 Å². The molecule has 16 heavy (non-hydrogen) atoms. The minimum atomic E-state index is 0.0900. The molecule has 0 bridgehead atoms. The Morgan fingerprint density at radius 3 is 2.00 bits per heavy atom. The first kappa shape index (κ1) is 15.4. The molecule has 1 amide bonds. The highest BCUT2D eigenvalue weighted by Gasteiger charge is 2.26. The van der Waals surface area contributed by atoms with E-state index in [1.54, 1.807) is 0 Å². The lowest BCUT2D eigenvalue weighted by Gasteiger charge is -2.33. The van der Waals surface area contributed by atoms with Crippen LogP contribution in [0.25, 0.3) is 0 Å². The Kier molecular flexibility index (Phi) is 7.39. The summed E-state index contributed by atoms with van der Waals surface area (Å²) >= 11 is 0. The molecule has 0 saturated carbocycles. The van der Waals surface area contributed by atoms with Crippen molar-refractivity contribution in [1.82, 2.24) is 4.90 Å². The van der Waals surface area contributed by atoms with E-state index in [1.807, 2.05) is 11.8 Å². The van der Waals surface area contributed by atoms with Crippen LogP contribution in [0, 0.1) is 11.8 Å². The molecule has 3 heteroatoms. The van der Waals surface area contributed by atoms with E-state index < -0.39 is 0 Å². The van der Waals surface area contributed by atoms with Crippen LogP contribution in [-0.4, -0.2) is 29.9 Å². The predicted octanol–water partition coefficient (Wildman–Crippen LogP) is 2.25. The summed E-state index contributed by atoms with van der Waals surface area (Å²) in [5.74, 6) is 0.739. The third-order valence-corrected chi connectivity index (χ3v) is 3.43. The third-order valence-electron chi connectivity index (χ3n) is 3.43. The molecule has 1 unspecified atom stereocenters. The van der Waals surface area contributed by atoms with Crippen LogP contribution in [0.1, 0.15) is 47.5 Å². The lowest BCUT2D eigenvalue weighted by atomic mass is 9.95. The second-order valence-electron chi connectivity index (χ2n) is 4.82. The Morgan fingerprint density at radius 2 is 1.69 bits per heavy atom. The fraction of sp³-hybridized carbons (Fsp3) is 0.923. The topological polar surface area (TPSA) is 46.3 Å². The molecule has 0 radical (unpaired) electrons. The summed E-state index contributed by atoms with van der Waals surface area (Å²) in [7, 11) is 0. The quantitative estimate of drug-likeness (QED) is 0.726. The number of carbonyl (C=O) groups excluding carboxylic acids is 1. The zero-order valence-electron chi connectivity index (χ0n) is 11.5. The zero-order valence-corrected chi connectivity index (χ0v) is 11.5. The molecule has 0 aliphatic rings. The number of nitrogens with two attached hydrogens (primary N) is 1. The summed E-state index contributed by atoms with van der Waals surface area (Å²) in [6, 6.07) is 0.345. The first-order valence-corrected chi connectivity index (χ1v) is 6.50. The Bertz CT molecular complexity index is 200. The molecule has 0 spiro atoms. The average Bonchev–Trinajstić information content (AvgIpc) is 2.27. The third kappa shape index (κ3) is 4.12. The van der Waals surface area contributed by atoms with Crippen LogP contribution < -0.4 is 5.73 Å². The van der Waals surface area contributed by atoms with E-state index >= 15 is 0 Å². The van der Waals surface area contributed by atoms with Gasteiger partial charge in [0.25, 0.3) is 0 Å². The number of hydrogen-bond donors (Lipinski definition) is 1. The summed E-state index contributed by atoms with van der Waals surface area (Å²) in [6.45, 7) is 11.7. The molecule has 0 saturated heterocycles. The number of rotatable bonds is 7. The van der Waals surface area contributed by atoms with Crippen molar-refractivity contribution < 1.29 is 4.79 Å². The number of amides is 1. The normalized spacial score (nSPS) is 13.2. The second kappa shape index (κ2) is 7.66. The Morgan fingerprint density at radius 1 is 1.19 bits per heavy atom. The van der Waals surface area contributed by atoms with Gasteiger partial charge in [0.2, 0.25) is 5.91 Å². The van der Waals surface area contributed by atoms with Gasteiger partial charge < -0.3 is 10.6 Å². The average molecular weight is 228 g/mol. The van der Waals surface area contributed by atoms with Gasteiger partial charge in [-0.1, -0.05) is 34.6 Å². The molecule has 1 atom stereocenters. The molecule has 0 aromatic rings. The van der Waals surface area contributed by atoms with Crippen molar-refractivity contribution >= 4 is 5.91 Å². The molecule has 0 aromatic carbocycles. The first-order chi connectivity index (χ1) is 7.49. The van der Waals surface area contributed by atoms with Crippen LogP contribution in [0.15, 0.2) is 0 Å². The van der Waals surface area contributed by atoms with Gasteiger partial charge in [0.05, 0.1) is 0 Å². The van der Waals surface area contributed by atoms with Crippen LogP contribution in [0.5, 0.6) is 0 Å². The lowest BCUT2D eigenvalue weighted by Crippen LogP contribution is -2.46. The molecule has 96 valence electrons. The summed E-state index contributed by atoms with van der Waals surface area (Å²) in [5.41, 5.74) is 5.60. The van der Waals surface area contributed by atoms with Gasteiger partial charge in [-0.25, -0.2) is 0 Å². The molecule has 0 aromatic heterocycles. The lowest BCUT2D eigenvalue weighted by molar-refractivity contribution is -0.138. The van der Waals surface area contributed by atoms with Crippen molar-refractivity contribution in [3.63, 3.8) is 0 Å². The predicted molar refractivity (Wildman–Crippen MR) is 69.1 cm³/mol. The van der Waals surface area contributed by atoms with Crippen LogP contribution in [-0.2, 0) is 4.79 Å². The number of hydrogen-bond acceptors (Lipinski definition) is 2. The molecule has 0 heterocycles. The Labute approximate surface area is 100 Å². The minimum Gasteiger partial charge on any atom is -0.338 e. The van der Waals surface area contributed by atoms with Crippen molar-refractivity contribution in [3.05, 3.63) is 0 Å². The molecule has 0 rings (SSSR count). The maximum absolute atomic E-state index is 12.3. The van der Waals surface area contributed by atoms with E-state index in [4.69, 9.17) is 5.73 Å². The van der Waals surface area contributed by atoms with E-state index in [2.05, 4.69) is 27.7 Å². The minimum absolute atomic E-state index is 0.0900. The molecule has 0 aliphatic heterocycles. The van der Waals surface area contributed by atoms with Gasteiger partial charge in [-0.3, -0.25) is 4.79 Å². The van der Waals surface area contributed by atoms with Gasteiger partial charge in [0.15, 0.2) is 0 Å². The van der Waals surface area contributed by atoms with E-state index in [0.717, 1.165) is 12.8 Å². The highest BCUT2D eigenvalue weighted by molar-refractivity contribution is 5.79. The molecule has 3 nitrogen and oxygen atoms in total. The fourth-order valence-corrected chi connectivity index (χ4v) is 1.89. The van der Waals surface area contributed by atoms with Gasteiger partial charge in [-0.05, 0) is 18.8 Å². The van der Waals surface area contributed by atoms with Crippen LogP contribution >= 0.6 is 0 Å². The van der Waals surface area contributed by atoms with Gasteiger partial charge in [0, 0.05) is 25.0 Å². The van der Waals surface area contributed by atoms with Gasteiger partial charge in [0.1, 0.15) is 0 Å². The highest BCUT2D eigenvalue weighted by atomic mass is 16.2. The second-order valence-corrected chi connectivity index (χ2v) is 4.82. The van der Waals surface area contributed by atoms with E-state index in [9.17, 15) is 4.79 Å². The Balaban J connectivity index is 4.69. The van der Waals surface area contributed by atoms with Gasteiger partial charge >= 0.3 is 0 Å². The van der Waals surface area contributed by atoms with Crippen molar-refractivity contribution in [2.45, 2.75) is 53.5 Å². The van der Waals surface area contributed by atoms with E-state index in [0.29, 0.717) is 25.0 Å². The maximum Gasteiger partial charge on any atom is 0.225 e. The highest BCUT2D eigenvalue weighted by Crippen LogP contribution is 2.17. The molecule has 2 N–H and O–H groups in total.